The maximum absolute atomic E-state index is 13.9. The normalized spacial score (nSPS) is 21.8. The Bertz CT molecular complexity index is 526. The lowest BCUT2D eigenvalue weighted by Gasteiger charge is -2.18. The lowest BCUT2D eigenvalue weighted by molar-refractivity contribution is -0.125. The molecule has 0 aromatic heterocycles. The molecule has 0 radical (unpaired) electrons. The molecule has 1 heterocycles. The molecule has 6 nitrogen and oxygen atoms in total. The van der Waals surface area contributed by atoms with E-state index >= 15 is 0 Å². The predicted molar refractivity (Wildman–Crippen MR) is 78.0 cm³/mol. The number of nitrogens with zero attached hydrogens (tertiary/aromatic N) is 1. The molecule has 7 heteroatoms. The van der Waals surface area contributed by atoms with E-state index in [9.17, 15) is 14.3 Å². The molecule has 0 saturated carbocycles. The number of aliphatic hydroxyl groups is 1. The molecular weight excluding hydrogens is 291 g/mol. The standard InChI is InChI=1S/C15H21FN2O4/c1-21-9-15(20)17-12-7-18(8-13(12)19)6-10-11(16)4-3-5-14(10)22-2/h3-5,12-13,19H,6-9H2,1-2H3,(H,17,20)/t12-,13-/m1/s1. The van der Waals surface area contributed by atoms with Crippen LogP contribution < -0.4 is 10.1 Å². The number of hydrogen-bond acceptors (Lipinski definition) is 5. The minimum atomic E-state index is -0.696. The van der Waals surface area contributed by atoms with E-state index in [1.54, 1.807) is 12.1 Å². The van der Waals surface area contributed by atoms with Gasteiger partial charge < -0.3 is 19.9 Å². The SMILES string of the molecule is COCC(=O)N[C@@H]1CN(Cc2c(F)cccc2OC)C[C@H]1O. The van der Waals surface area contributed by atoms with Gasteiger partial charge in [-0.25, -0.2) is 4.39 Å². The Balaban J connectivity index is 2.00. The quantitative estimate of drug-likeness (QED) is 0.782. The predicted octanol–water partition coefficient (Wildman–Crippen LogP) is 0.142. The fourth-order valence-electron chi connectivity index (χ4n) is 2.62. The van der Waals surface area contributed by atoms with Crippen molar-refractivity contribution in [2.75, 3.05) is 33.9 Å². The maximum atomic E-state index is 13.9. The average molecular weight is 312 g/mol. The maximum Gasteiger partial charge on any atom is 0.246 e. The Morgan fingerprint density at radius 3 is 2.91 bits per heavy atom. The van der Waals surface area contributed by atoms with Gasteiger partial charge in [0.25, 0.3) is 0 Å². The summed E-state index contributed by atoms with van der Waals surface area (Å²) >= 11 is 0. The van der Waals surface area contributed by atoms with Crippen LogP contribution in [-0.2, 0) is 16.1 Å². The van der Waals surface area contributed by atoms with Crippen molar-refractivity contribution >= 4 is 5.91 Å². The van der Waals surface area contributed by atoms with Crippen LogP contribution in [0.2, 0.25) is 0 Å². The van der Waals surface area contributed by atoms with E-state index in [2.05, 4.69) is 5.32 Å². The van der Waals surface area contributed by atoms with Gasteiger partial charge >= 0.3 is 0 Å². The van der Waals surface area contributed by atoms with Crippen molar-refractivity contribution in [2.45, 2.75) is 18.7 Å². The molecular formula is C15H21FN2O4. The number of β-amino-alcohol motifs (C(OH)–C–C–N with tert-alkyl or cyclic N) is 1. The summed E-state index contributed by atoms with van der Waals surface area (Å²) in [7, 11) is 2.92. The Kier molecular flexibility index (Phi) is 5.70. The van der Waals surface area contributed by atoms with E-state index in [0.717, 1.165) is 0 Å². The molecule has 1 aliphatic rings. The highest BCUT2D eigenvalue weighted by atomic mass is 19.1. The Morgan fingerprint density at radius 2 is 2.23 bits per heavy atom. The van der Waals surface area contributed by atoms with Crippen LogP contribution in [0.1, 0.15) is 5.56 Å². The molecule has 2 rings (SSSR count). The van der Waals surface area contributed by atoms with Gasteiger partial charge in [0.15, 0.2) is 0 Å². The zero-order valence-corrected chi connectivity index (χ0v) is 12.7. The van der Waals surface area contributed by atoms with Crippen LogP contribution in [-0.4, -0.2) is 62.0 Å². The van der Waals surface area contributed by atoms with Crippen molar-refractivity contribution in [3.63, 3.8) is 0 Å². The number of likely N-dealkylation sites (tertiary alicyclic amines) is 1. The summed E-state index contributed by atoms with van der Waals surface area (Å²) in [6.07, 6.45) is -0.696. The first kappa shape index (κ1) is 16.7. The summed E-state index contributed by atoms with van der Waals surface area (Å²) in [6.45, 7) is 1.05. The number of benzene rings is 1. The lowest BCUT2D eigenvalue weighted by atomic mass is 10.1. The summed E-state index contributed by atoms with van der Waals surface area (Å²) in [4.78, 5) is 13.4. The zero-order chi connectivity index (χ0) is 16.1. The second kappa shape index (κ2) is 7.53. The monoisotopic (exact) mass is 312 g/mol. The Hall–Kier alpha value is -1.70. The third-order valence-corrected chi connectivity index (χ3v) is 3.66. The average Bonchev–Trinajstić information content (AvgIpc) is 2.81. The molecule has 2 atom stereocenters. The van der Waals surface area contributed by atoms with Crippen molar-refractivity contribution < 1.29 is 23.8 Å². The van der Waals surface area contributed by atoms with Crippen LogP contribution in [0.25, 0.3) is 0 Å². The van der Waals surface area contributed by atoms with Gasteiger partial charge in [0.2, 0.25) is 5.91 Å². The number of methoxy groups -OCH3 is 2. The first-order valence-electron chi connectivity index (χ1n) is 7.05. The van der Waals surface area contributed by atoms with E-state index in [1.807, 2.05) is 4.90 Å². The molecule has 0 aliphatic carbocycles. The van der Waals surface area contributed by atoms with Gasteiger partial charge in [-0.1, -0.05) is 6.07 Å². The highest BCUT2D eigenvalue weighted by Crippen LogP contribution is 2.24. The number of halogens is 1. The van der Waals surface area contributed by atoms with Crippen molar-refractivity contribution in [1.82, 2.24) is 10.2 Å². The number of aliphatic hydroxyl groups excluding tert-OH is 1. The van der Waals surface area contributed by atoms with Gasteiger partial charge in [-0.15, -0.1) is 0 Å². The summed E-state index contributed by atoms with van der Waals surface area (Å²) in [5, 5.41) is 12.7. The molecule has 0 unspecified atom stereocenters. The van der Waals surface area contributed by atoms with Crippen LogP contribution in [0, 0.1) is 5.82 Å². The molecule has 2 N–H and O–H groups in total. The largest absolute Gasteiger partial charge is 0.496 e. The molecule has 1 aliphatic heterocycles. The van der Waals surface area contributed by atoms with Crippen LogP contribution in [0.3, 0.4) is 0 Å². The highest BCUT2D eigenvalue weighted by molar-refractivity contribution is 5.77. The fraction of sp³-hybridized carbons (Fsp3) is 0.533. The molecule has 22 heavy (non-hydrogen) atoms. The molecule has 0 spiro atoms. The minimum absolute atomic E-state index is 0.0512. The van der Waals surface area contributed by atoms with E-state index in [0.29, 0.717) is 30.9 Å². The zero-order valence-electron chi connectivity index (χ0n) is 12.7. The van der Waals surface area contributed by atoms with Gasteiger partial charge in [0.1, 0.15) is 18.2 Å². The number of carbonyl (C=O) groups excluding carboxylic acids is 1. The molecule has 0 bridgehead atoms. The van der Waals surface area contributed by atoms with E-state index in [4.69, 9.17) is 9.47 Å². The summed E-state index contributed by atoms with van der Waals surface area (Å²) in [6, 6.07) is 4.27. The number of carbonyl (C=O) groups is 1. The number of rotatable bonds is 6. The number of nitrogens with one attached hydrogen (secondary N) is 1. The minimum Gasteiger partial charge on any atom is -0.496 e. The first-order chi connectivity index (χ1) is 10.5. The number of amides is 1. The van der Waals surface area contributed by atoms with Crippen molar-refractivity contribution in [1.29, 1.82) is 0 Å². The fourth-order valence-corrected chi connectivity index (χ4v) is 2.62. The van der Waals surface area contributed by atoms with Crippen molar-refractivity contribution in [3.8, 4) is 5.75 Å². The van der Waals surface area contributed by atoms with Gasteiger partial charge in [-0.3, -0.25) is 9.69 Å². The summed E-state index contributed by atoms with van der Waals surface area (Å²) in [5.41, 5.74) is 0.445. The van der Waals surface area contributed by atoms with E-state index in [1.165, 1.54) is 20.3 Å². The molecule has 1 aromatic rings. The smallest absolute Gasteiger partial charge is 0.246 e. The molecule has 1 fully saturated rings. The summed E-state index contributed by atoms with van der Waals surface area (Å²) in [5.74, 6) is -0.154. The Morgan fingerprint density at radius 1 is 1.45 bits per heavy atom. The van der Waals surface area contributed by atoms with Crippen LogP contribution in [0.4, 0.5) is 4.39 Å². The van der Waals surface area contributed by atoms with Gasteiger partial charge in [0.05, 0.1) is 19.3 Å². The third kappa shape index (κ3) is 3.94. The first-order valence-corrected chi connectivity index (χ1v) is 7.05. The van der Waals surface area contributed by atoms with Gasteiger partial charge in [0, 0.05) is 32.3 Å². The van der Waals surface area contributed by atoms with Crippen LogP contribution in [0.15, 0.2) is 18.2 Å². The van der Waals surface area contributed by atoms with Crippen molar-refractivity contribution in [2.24, 2.45) is 0 Å². The molecule has 1 saturated heterocycles. The number of hydrogen-bond donors (Lipinski definition) is 2. The van der Waals surface area contributed by atoms with Crippen molar-refractivity contribution in [3.05, 3.63) is 29.6 Å². The molecule has 122 valence electrons. The molecule has 1 aromatic carbocycles. The van der Waals surface area contributed by atoms with E-state index in [-0.39, 0.29) is 24.4 Å². The second-order valence-electron chi connectivity index (χ2n) is 5.29. The number of ether oxygens (including phenoxy) is 2. The van der Waals surface area contributed by atoms with E-state index < -0.39 is 6.10 Å². The lowest BCUT2D eigenvalue weighted by Crippen LogP contribution is -2.44. The molecule has 1 amide bonds. The third-order valence-electron chi connectivity index (χ3n) is 3.66. The highest BCUT2D eigenvalue weighted by Gasteiger charge is 2.33. The topological polar surface area (TPSA) is 71.0 Å². The van der Waals surface area contributed by atoms with Crippen LogP contribution >= 0.6 is 0 Å². The van der Waals surface area contributed by atoms with Gasteiger partial charge in [-0.05, 0) is 12.1 Å². The Labute approximate surface area is 128 Å². The van der Waals surface area contributed by atoms with Crippen LogP contribution in [0.5, 0.6) is 5.75 Å². The second-order valence-corrected chi connectivity index (χ2v) is 5.29. The van der Waals surface area contributed by atoms with Gasteiger partial charge in [-0.2, -0.15) is 0 Å². The summed E-state index contributed by atoms with van der Waals surface area (Å²) < 4.78 is 23.9.